The molecule has 0 atom stereocenters. The van der Waals surface area contributed by atoms with Gasteiger partial charge in [0.05, 0.1) is 5.69 Å². The van der Waals surface area contributed by atoms with E-state index in [1.165, 1.54) is 11.8 Å². The molecule has 1 aromatic heterocycles. The quantitative estimate of drug-likeness (QED) is 0.792. The van der Waals surface area contributed by atoms with E-state index in [-0.39, 0.29) is 0 Å². The third kappa shape index (κ3) is 3.59. The number of sulfonamides is 1. The van der Waals surface area contributed by atoms with Crippen LogP contribution < -0.4 is 4.72 Å². The average molecular weight is 327 g/mol. The lowest BCUT2D eigenvalue weighted by atomic mass is 10.3. The largest absolute Gasteiger partial charge is 0.475 e. The van der Waals surface area contributed by atoms with Crippen molar-refractivity contribution in [2.75, 3.05) is 10.5 Å². The summed E-state index contributed by atoms with van der Waals surface area (Å²) in [6, 6.07) is 9.17. The number of rotatable bonds is 6. The molecule has 0 aliphatic carbocycles. The topological polar surface area (TPSA) is 96.6 Å². The molecule has 0 amide bonds. The second-order valence-corrected chi connectivity index (χ2v) is 6.88. The summed E-state index contributed by atoms with van der Waals surface area (Å²) in [4.78, 5) is 11.5. The van der Waals surface area contributed by atoms with Crippen molar-refractivity contribution in [2.24, 2.45) is 0 Å². The number of hydrogen-bond donors (Lipinski definition) is 2. The molecule has 0 bridgehead atoms. The smallest absolute Gasteiger partial charge is 0.371 e. The predicted octanol–water partition coefficient (Wildman–Crippen LogP) is 2.89. The zero-order valence-electron chi connectivity index (χ0n) is 11.1. The van der Waals surface area contributed by atoms with Gasteiger partial charge in [-0.1, -0.05) is 19.1 Å². The van der Waals surface area contributed by atoms with Crippen molar-refractivity contribution < 1.29 is 22.7 Å². The molecule has 112 valence electrons. The van der Waals surface area contributed by atoms with Gasteiger partial charge in [-0.2, -0.15) is 8.42 Å². The van der Waals surface area contributed by atoms with Crippen molar-refractivity contribution in [3.05, 3.63) is 42.2 Å². The molecule has 0 aliphatic heterocycles. The number of para-hydroxylation sites is 1. The van der Waals surface area contributed by atoms with E-state index in [1.807, 2.05) is 13.0 Å². The summed E-state index contributed by atoms with van der Waals surface area (Å²) in [6.07, 6.45) is 0. The van der Waals surface area contributed by atoms with Crippen LogP contribution in [-0.4, -0.2) is 25.2 Å². The Hall–Kier alpha value is -1.93. The molecular formula is C13H13NO5S2. The van der Waals surface area contributed by atoms with E-state index in [4.69, 9.17) is 9.52 Å². The van der Waals surface area contributed by atoms with Gasteiger partial charge >= 0.3 is 5.97 Å². The van der Waals surface area contributed by atoms with Crippen LogP contribution in [0.1, 0.15) is 17.5 Å². The molecule has 0 radical (unpaired) electrons. The minimum atomic E-state index is -3.96. The fourth-order valence-corrected chi connectivity index (χ4v) is 3.45. The summed E-state index contributed by atoms with van der Waals surface area (Å²) >= 11 is 1.50. The second-order valence-electron chi connectivity index (χ2n) is 3.96. The molecule has 0 saturated carbocycles. The molecule has 1 heterocycles. The summed E-state index contributed by atoms with van der Waals surface area (Å²) in [7, 11) is -3.96. The lowest BCUT2D eigenvalue weighted by Gasteiger charge is -2.10. The van der Waals surface area contributed by atoms with E-state index in [2.05, 4.69) is 4.72 Å². The van der Waals surface area contributed by atoms with E-state index >= 15 is 0 Å². The Morgan fingerprint density at radius 2 is 2.00 bits per heavy atom. The maximum Gasteiger partial charge on any atom is 0.371 e. The van der Waals surface area contributed by atoms with Crippen LogP contribution in [0.3, 0.4) is 0 Å². The first-order valence-corrected chi connectivity index (χ1v) is 8.48. The Kier molecular flexibility index (Phi) is 4.59. The highest BCUT2D eigenvalue weighted by molar-refractivity contribution is 7.99. The van der Waals surface area contributed by atoms with Gasteiger partial charge in [-0.05, 0) is 30.0 Å². The van der Waals surface area contributed by atoms with Gasteiger partial charge in [-0.25, -0.2) is 4.79 Å². The van der Waals surface area contributed by atoms with Crippen LogP contribution >= 0.6 is 11.8 Å². The first-order chi connectivity index (χ1) is 9.94. The Morgan fingerprint density at radius 1 is 1.29 bits per heavy atom. The SMILES string of the molecule is CCSc1ccccc1NS(=O)(=O)c1ccc(C(=O)O)o1. The van der Waals surface area contributed by atoms with Crippen molar-refractivity contribution >= 4 is 33.4 Å². The van der Waals surface area contributed by atoms with E-state index in [1.54, 1.807) is 18.2 Å². The van der Waals surface area contributed by atoms with E-state index < -0.39 is 26.8 Å². The number of benzene rings is 1. The summed E-state index contributed by atoms with van der Waals surface area (Å²) in [5, 5.41) is 8.32. The predicted molar refractivity (Wildman–Crippen MR) is 79.3 cm³/mol. The van der Waals surface area contributed by atoms with Gasteiger partial charge in [-0.15, -0.1) is 11.8 Å². The monoisotopic (exact) mass is 327 g/mol. The summed E-state index contributed by atoms with van der Waals surface area (Å²) in [5.74, 6) is -0.951. The summed E-state index contributed by atoms with van der Waals surface area (Å²) in [5.41, 5.74) is 0.428. The molecule has 8 heteroatoms. The highest BCUT2D eigenvalue weighted by atomic mass is 32.2. The second kappa shape index (κ2) is 6.23. The summed E-state index contributed by atoms with van der Waals surface area (Å²) < 4.78 is 31.6. The molecule has 0 unspecified atom stereocenters. The first-order valence-electron chi connectivity index (χ1n) is 6.02. The van der Waals surface area contributed by atoms with E-state index in [0.29, 0.717) is 5.69 Å². The minimum Gasteiger partial charge on any atom is -0.475 e. The zero-order chi connectivity index (χ0) is 15.5. The Labute approximate surface area is 126 Å². The third-order valence-corrected chi connectivity index (χ3v) is 4.68. The molecule has 2 aromatic rings. The van der Waals surface area contributed by atoms with Crippen LogP contribution in [0, 0.1) is 0 Å². The number of furan rings is 1. The third-order valence-electron chi connectivity index (χ3n) is 2.49. The number of thioether (sulfide) groups is 1. The molecule has 6 nitrogen and oxygen atoms in total. The highest BCUT2D eigenvalue weighted by Gasteiger charge is 2.22. The van der Waals surface area contributed by atoms with Gasteiger partial charge in [0, 0.05) is 4.90 Å². The fraction of sp³-hybridized carbons (Fsp3) is 0.154. The van der Waals surface area contributed by atoms with Crippen molar-refractivity contribution in [2.45, 2.75) is 16.9 Å². The zero-order valence-corrected chi connectivity index (χ0v) is 12.7. The van der Waals surface area contributed by atoms with Crippen LogP contribution in [0.4, 0.5) is 5.69 Å². The maximum absolute atomic E-state index is 12.2. The lowest BCUT2D eigenvalue weighted by Crippen LogP contribution is -2.12. The molecule has 2 rings (SSSR count). The first kappa shape index (κ1) is 15.5. The van der Waals surface area contributed by atoms with Gasteiger partial charge in [-0.3, -0.25) is 4.72 Å². The maximum atomic E-state index is 12.2. The number of aromatic carboxylic acids is 1. The molecule has 1 aromatic carbocycles. The van der Waals surface area contributed by atoms with Gasteiger partial charge in [0.25, 0.3) is 10.0 Å². The Morgan fingerprint density at radius 3 is 2.62 bits per heavy atom. The fourth-order valence-electron chi connectivity index (χ4n) is 1.61. The number of carbonyl (C=O) groups is 1. The van der Waals surface area contributed by atoms with Crippen LogP contribution in [-0.2, 0) is 10.0 Å². The minimum absolute atomic E-state index is 0.424. The molecule has 0 aliphatic rings. The molecule has 21 heavy (non-hydrogen) atoms. The molecule has 0 fully saturated rings. The number of hydrogen-bond acceptors (Lipinski definition) is 5. The number of anilines is 1. The summed E-state index contributed by atoms with van der Waals surface area (Å²) in [6.45, 7) is 1.96. The number of carboxylic acids is 1. The standard InChI is InChI=1S/C13H13NO5S2/c1-2-20-11-6-4-3-5-9(11)14-21(17,18)12-8-7-10(19-12)13(15)16/h3-8,14H,2H2,1H3,(H,15,16). The van der Waals surface area contributed by atoms with Crippen LogP contribution in [0.2, 0.25) is 0 Å². The van der Waals surface area contributed by atoms with E-state index in [9.17, 15) is 13.2 Å². The van der Waals surface area contributed by atoms with Crippen molar-refractivity contribution in [1.82, 2.24) is 0 Å². The van der Waals surface area contributed by atoms with E-state index in [0.717, 1.165) is 22.8 Å². The average Bonchev–Trinajstić information content (AvgIpc) is 2.92. The Balaban J connectivity index is 2.30. The number of carboxylic acid groups (broad SMARTS) is 1. The van der Waals surface area contributed by atoms with Crippen molar-refractivity contribution in [1.29, 1.82) is 0 Å². The lowest BCUT2D eigenvalue weighted by molar-refractivity contribution is 0.0656. The van der Waals surface area contributed by atoms with Crippen molar-refractivity contribution in [3.8, 4) is 0 Å². The molecular weight excluding hydrogens is 314 g/mol. The normalized spacial score (nSPS) is 11.3. The van der Waals surface area contributed by atoms with Crippen LogP contribution in [0.15, 0.2) is 50.8 Å². The van der Waals surface area contributed by atoms with Crippen molar-refractivity contribution in [3.63, 3.8) is 0 Å². The highest BCUT2D eigenvalue weighted by Crippen LogP contribution is 2.28. The molecule has 0 saturated heterocycles. The van der Waals surface area contributed by atoms with Gasteiger partial charge in [0.15, 0.2) is 0 Å². The van der Waals surface area contributed by atoms with Gasteiger partial charge < -0.3 is 9.52 Å². The molecule has 0 spiro atoms. The Bertz CT molecular complexity index is 751. The number of nitrogens with one attached hydrogen (secondary N) is 1. The van der Waals surface area contributed by atoms with Crippen LogP contribution in [0.25, 0.3) is 0 Å². The van der Waals surface area contributed by atoms with Crippen LogP contribution in [0.5, 0.6) is 0 Å². The molecule has 2 N–H and O–H groups in total. The van der Waals surface area contributed by atoms with Gasteiger partial charge in [0.2, 0.25) is 10.9 Å². The van der Waals surface area contributed by atoms with Gasteiger partial charge in [0.1, 0.15) is 0 Å².